The van der Waals surface area contributed by atoms with E-state index in [9.17, 15) is 9.59 Å². The molecule has 1 amide bonds. The number of pyridine rings is 3. The summed E-state index contributed by atoms with van der Waals surface area (Å²) in [5.41, 5.74) is 3.94. The van der Waals surface area contributed by atoms with Gasteiger partial charge in [-0.25, -0.2) is 4.98 Å². The van der Waals surface area contributed by atoms with Gasteiger partial charge in [-0.2, -0.15) is 0 Å². The zero-order valence-electron chi connectivity index (χ0n) is 15.0. The van der Waals surface area contributed by atoms with Crippen LogP contribution < -0.4 is 10.9 Å². The summed E-state index contributed by atoms with van der Waals surface area (Å²) in [6, 6.07) is 5.51. The zero-order chi connectivity index (χ0) is 18.4. The SMILES string of the molecule is Cc1ccnc(C)c1-c1cc2cnc(NC(=O)C3CC3)cc2n(C)c1=O. The molecule has 26 heavy (non-hydrogen) atoms. The molecular formula is C20H20N4O2. The first-order chi connectivity index (χ1) is 12.5. The predicted octanol–water partition coefficient (Wildman–Crippen LogP) is 2.96. The van der Waals surface area contributed by atoms with Crippen molar-refractivity contribution in [3.8, 4) is 11.1 Å². The van der Waals surface area contributed by atoms with Crippen molar-refractivity contribution in [2.45, 2.75) is 26.7 Å². The van der Waals surface area contributed by atoms with Crippen LogP contribution in [0.3, 0.4) is 0 Å². The highest BCUT2D eigenvalue weighted by atomic mass is 16.2. The van der Waals surface area contributed by atoms with Crippen LogP contribution >= 0.6 is 0 Å². The first-order valence-corrected chi connectivity index (χ1v) is 8.69. The summed E-state index contributed by atoms with van der Waals surface area (Å²) < 4.78 is 1.60. The molecular weight excluding hydrogens is 328 g/mol. The Kier molecular flexibility index (Phi) is 3.83. The van der Waals surface area contributed by atoms with Crippen molar-refractivity contribution in [1.82, 2.24) is 14.5 Å². The molecule has 0 bridgehead atoms. The van der Waals surface area contributed by atoms with Crippen molar-refractivity contribution in [1.29, 1.82) is 0 Å². The quantitative estimate of drug-likeness (QED) is 0.789. The standard InChI is InChI=1S/C20H20N4O2/c1-11-6-7-21-12(2)18(11)15-8-14-10-22-17(23-19(25)13-4-5-13)9-16(14)24(3)20(15)26/h6-10,13H,4-5H2,1-3H3,(H,22,23,25). The molecule has 0 aromatic carbocycles. The Hall–Kier alpha value is -3.02. The number of rotatable bonds is 3. The van der Waals surface area contributed by atoms with Gasteiger partial charge in [0.05, 0.1) is 5.52 Å². The van der Waals surface area contributed by atoms with Crippen molar-refractivity contribution in [2.24, 2.45) is 13.0 Å². The van der Waals surface area contributed by atoms with Crippen molar-refractivity contribution < 1.29 is 4.79 Å². The number of hydrogen-bond acceptors (Lipinski definition) is 4. The van der Waals surface area contributed by atoms with Crippen LogP contribution in [0.2, 0.25) is 0 Å². The average molecular weight is 348 g/mol. The fourth-order valence-corrected chi connectivity index (χ4v) is 3.29. The maximum Gasteiger partial charge on any atom is 0.258 e. The van der Waals surface area contributed by atoms with Gasteiger partial charge in [0.25, 0.3) is 5.56 Å². The number of aromatic nitrogens is 3. The Morgan fingerprint density at radius 1 is 1.23 bits per heavy atom. The van der Waals surface area contributed by atoms with E-state index in [0.29, 0.717) is 11.4 Å². The number of hydrogen-bond donors (Lipinski definition) is 1. The Morgan fingerprint density at radius 2 is 2.00 bits per heavy atom. The second kappa shape index (κ2) is 6.05. The minimum absolute atomic E-state index is 0.0000738. The van der Waals surface area contributed by atoms with Crippen LogP contribution in [0.15, 0.2) is 35.4 Å². The topological polar surface area (TPSA) is 76.9 Å². The summed E-state index contributed by atoms with van der Waals surface area (Å²) in [6.45, 7) is 3.88. The zero-order valence-corrected chi connectivity index (χ0v) is 15.0. The van der Waals surface area contributed by atoms with Gasteiger partial charge in [-0.1, -0.05) is 0 Å². The molecule has 4 rings (SSSR count). The fourth-order valence-electron chi connectivity index (χ4n) is 3.29. The lowest BCUT2D eigenvalue weighted by atomic mass is 9.99. The third-order valence-electron chi connectivity index (χ3n) is 4.93. The molecule has 1 N–H and O–H groups in total. The number of nitrogens with zero attached hydrogens (tertiary/aromatic N) is 3. The minimum Gasteiger partial charge on any atom is -0.311 e. The van der Waals surface area contributed by atoms with Crippen molar-refractivity contribution in [3.63, 3.8) is 0 Å². The Bertz CT molecular complexity index is 1080. The molecule has 1 fully saturated rings. The predicted molar refractivity (Wildman–Crippen MR) is 101 cm³/mol. The summed E-state index contributed by atoms with van der Waals surface area (Å²) in [4.78, 5) is 33.6. The molecule has 1 aliphatic carbocycles. The van der Waals surface area contributed by atoms with Crippen LogP contribution in [0.25, 0.3) is 22.0 Å². The van der Waals surface area contributed by atoms with E-state index in [1.807, 2.05) is 26.0 Å². The van der Waals surface area contributed by atoms with E-state index in [2.05, 4.69) is 15.3 Å². The molecule has 0 radical (unpaired) electrons. The number of amides is 1. The summed E-state index contributed by atoms with van der Waals surface area (Å²) in [7, 11) is 1.74. The molecule has 0 atom stereocenters. The molecule has 0 spiro atoms. The van der Waals surface area contributed by atoms with Gasteiger partial charge in [0.15, 0.2) is 0 Å². The molecule has 6 heteroatoms. The van der Waals surface area contributed by atoms with Crippen LogP contribution in [-0.2, 0) is 11.8 Å². The van der Waals surface area contributed by atoms with Gasteiger partial charge in [-0.3, -0.25) is 14.6 Å². The van der Waals surface area contributed by atoms with E-state index in [1.54, 1.807) is 30.1 Å². The van der Waals surface area contributed by atoms with E-state index >= 15 is 0 Å². The van der Waals surface area contributed by atoms with Crippen LogP contribution in [0.1, 0.15) is 24.1 Å². The minimum atomic E-state index is -0.0950. The third-order valence-corrected chi connectivity index (χ3v) is 4.93. The molecule has 1 saturated carbocycles. The van der Waals surface area contributed by atoms with Gasteiger partial charge in [0, 0.05) is 53.6 Å². The lowest BCUT2D eigenvalue weighted by molar-refractivity contribution is -0.117. The molecule has 0 aliphatic heterocycles. The Morgan fingerprint density at radius 3 is 2.69 bits per heavy atom. The summed E-state index contributed by atoms with van der Waals surface area (Å²) in [5.74, 6) is 0.584. The van der Waals surface area contributed by atoms with Gasteiger partial charge in [0.2, 0.25) is 5.91 Å². The van der Waals surface area contributed by atoms with Crippen molar-refractivity contribution in [2.75, 3.05) is 5.32 Å². The first-order valence-electron chi connectivity index (χ1n) is 8.69. The summed E-state index contributed by atoms with van der Waals surface area (Å²) >= 11 is 0. The smallest absolute Gasteiger partial charge is 0.258 e. The van der Waals surface area contributed by atoms with Gasteiger partial charge >= 0.3 is 0 Å². The lowest BCUT2D eigenvalue weighted by Crippen LogP contribution is -2.20. The molecule has 3 heterocycles. The van der Waals surface area contributed by atoms with Crippen LogP contribution in [0, 0.1) is 19.8 Å². The van der Waals surface area contributed by atoms with Gasteiger partial charge in [-0.05, 0) is 44.4 Å². The molecule has 3 aromatic heterocycles. The van der Waals surface area contributed by atoms with Gasteiger partial charge < -0.3 is 9.88 Å². The molecule has 3 aromatic rings. The molecule has 6 nitrogen and oxygen atoms in total. The fraction of sp³-hybridized carbons (Fsp3) is 0.300. The molecule has 1 aliphatic rings. The number of carbonyl (C=O) groups excluding carboxylic acids is 1. The van der Waals surface area contributed by atoms with Gasteiger partial charge in [0.1, 0.15) is 5.82 Å². The third kappa shape index (κ3) is 2.77. The van der Waals surface area contributed by atoms with E-state index in [0.717, 1.165) is 40.6 Å². The van der Waals surface area contributed by atoms with E-state index < -0.39 is 0 Å². The van der Waals surface area contributed by atoms with E-state index in [1.165, 1.54) is 0 Å². The van der Waals surface area contributed by atoms with Crippen LogP contribution in [0.4, 0.5) is 5.82 Å². The number of fused-ring (bicyclic) bond motifs is 1. The van der Waals surface area contributed by atoms with Gasteiger partial charge in [-0.15, -0.1) is 0 Å². The molecule has 0 saturated heterocycles. The number of carbonyl (C=O) groups is 1. The average Bonchev–Trinajstić information content (AvgIpc) is 3.44. The monoisotopic (exact) mass is 348 g/mol. The maximum absolute atomic E-state index is 13.0. The van der Waals surface area contributed by atoms with Crippen molar-refractivity contribution >= 4 is 22.6 Å². The van der Waals surface area contributed by atoms with Crippen LogP contribution in [0.5, 0.6) is 0 Å². The highest BCUT2D eigenvalue weighted by molar-refractivity contribution is 5.95. The molecule has 132 valence electrons. The second-order valence-electron chi connectivity index (χ2n) is 6.90. The first kappa shape index (κ1) is 16.4. The van der Waals surface area contributed by atoms with Crippen LogP contribution in [-0.4, -0.2) is 20.4 Å². The highest BCUT2D eigenvalue weighted by Gasteiger charge is 2.29. The van der Waals surface area contributed by atoms with E-state index in [4.69, 9.17) is 0 Å². The summed E-state index contributed by atoms with van der Waals surface area (Å²) in [5, 5.41) is 3.67. The summed E-state index contributed by atoms with van der Waals surface area (Å²) in [6.07, 6.45) is 5.31. The second-order valence-corrected chi connectivity index (χ2v) is 6.90. The normalized spacial score (nSPS) is 13.8. The Labute approximate surface area is 150 Å². The lowest BCUT2D eigenvalue weighted by Gasteiger charge is -2.13. The maximum atomic E-state index is 13.0. The Balaban J connectivity index is 1.84. The number of aryl methyl sites for hydroxylation is 3. The largest absolute Gasteiger partial charge is 0.311 e. The number of anilines is 1. The highest BCUT2D eigenvalue weighted by Crippen LogP contribution is 2.30. The van der Waals surface area contributed by atoms with E-state index in [-0.39, 0.29) is 17.4 Å². The molecule has 0 unspecified atom stereocenters. The number of nitrogens with one attached hydrogen (secondary N) is 1. The van der Waals surface area contributed by atoms with Crippen molar-refractivity contribution in [3.05, 3.63) is 52.2 Å².